The van der Waals surface area contributed by atoms with Crippen LogP contribution in [0, 0.1) is 0 Å². The first kappa shape index (κ1) is 14.0. The Balaban J connectivity index is 2.17. The predicted molar refractivity (Wildman–Crippen MR) is 80.4 cm³/mol. The molecule has 0 saturated carbocycles. The zero-order chi connectivity index (χ0) is 13.8. The number of aromatic carboxylic acids is 1. The van der Waals surface area contributed by atoms with Crippen LogP contribution in [0.15, 0.2) is 45.5 Å². The van der Waals surface area contributed by atoms with Gasteiger partial charge in [0.25, 0.3) is 0 Å². The summed E-state index contributed by atoms with van der Waals surface area (Å²) in [5.74, 6) is -0.652. The standard InChI is InChI=1S/C13H10Br2N2O2/c14-9-3-1-2-8(4-9)6-16-12-11(13(18)19)5-10(15)7-17-12/h1-5,7H,6H2,(H,16,17)(H,18,19). The number of anilines is 1. The summed E-state index contributed by atoms with van der Waals surface area (Å²) in [7, 11) is 0. The lowest BCUT2D eigenvalue weighted by Crippen LogP contribution is -2.08. The number of carbonyl (C=O) groups is 1. The van der Waals surface area contributed by atoms with Crippen molar-refractivity contribution in [2.24, 2.45) is 0 Å². The molecule has 6 heteroatoms. The average Bonchev–Trinajstić information content (AvgIpc) is 2.37. The van der Waals surface area contributed by atoms with Crippen LogP contribution in [0.25, 0.3) is 0 Å². The first-order valence-electron chi connectivity index (χ1n) is 5.43. The third-order valence-electron chi connectivity index (χ3n) is 2.43. The first-order valence-corrected chi connectivity index (χ1v) is 7.02. The van der Waals surface area contributed by atoms with E-state index in [0.29, 0.717) is 16.8 Å². The van der Waals surface area contributed by atoms with Crippen molar-refractivity contribution in [1.29, 1.82) is 0 Å². The molecule has 0 saturated heterocycles. The van der Waals surface area contributed by atoms with E-state index >= 15 is 0 Å². The van der Waals surface area contributed by atoms with Gasteiger partial charge in [-0.3, -0.25) is 0 Å². The Labute approximate surface area is 127 Å². The van der Waals surface area contributed by atoms with Crippen molar-refractivity contribution in [3.63, 3.8) is 0 Å². The molecule has 1 aromatic heterocycles. The lowest BCUT2D eigenvalue weighted by Gasteiger charge is -2.09. The van der Waals surface area contributed by atoms with Gasteiger partial charge in [0.15, 0.2) is 0 Å². The zero-order valence-electron chi connectivity index (χ0n) is 9.73. The van der Waals surface area contributed by atoms with Crippen molar-refractivity contribution in [1.82, 2.24) is 4.98 Å². The third kappa shape index (κ3) is 3.78. The zero-order valence-corrected chi connectivity index (χ0v) is 12.9. The Kier molecular flexibility index (Phi) is 4.55. The van der Waals surface area contributed by atoms with E-state index in [2.05, 4.69) is 42.2 Å². The minimum Gasteiger partial charge on any atom is -0.478 e. The molecule has 4 nitrogen and oxygen atoms in total. The monoisotopic (exact) mass is 384 g/mol. The fraction of sp³-hybridized carbons (Fsp3) is 0.0769. The molecular weight excluding hydrogens is 376 g/mol. The molecule has 0 aliphatic carbocycles. The molecule has 0 spiro atoms. The number of pyridine rings is 1. The molecule has 98 valence electrons. The fourth-order valence-corrected chi connectivity index (χ4v) is 2.35. The Bertz CT molecular complexity index is 617. The molecule has 0 amide bonds. The van der Waals surface area contributed by atoms with Crippen LogP contribution in [-0.4, -0.2) is 16.1 Å². The van der Waals surface area contributed by atoms with Gasteiger partial charge in [0.2, 0.25) is 0 Å². The van der Waals surface area contributed by atoms with Gasteiger partial charge in [0.05, 0.1) is 0 Å². The maximum atomic E-state index is 11.1. The van der Waals surface area contributed by atoms with Crippen molar-refractivity contribution >= 4 is 43.6 Å². The molecular formula is C13H10Br2N2O2. The third-order valence-corrected chi connectivity index (χ3v) is 3.36. The van der Waals surface area contributed by atoms with Crippen molar-refractivity contribution in [3.05, 3.63) is 56.6 Å². The van der Waals surface area contributed by atoms with Gasteiger partial charge in [-0.15, -0.1) is 0 Å². The van der Waals surface area contributed by atoms with E-state index in [1.165, 1.54) is 6.07 Å². The highest BCUT2D eigenvalue weighted by Gasteiger charge is 2.11. The summed E-state index contributed by atoms with van der Waals surface area (Å²) >= 11 is 6.60. The van der Waals surface area contributed by atoms with Gasteiger partial charge in [-0.25, -0.2) is 9.78 Å². The van der Waals surface area contributed by atoms with E-state index in [9.17, 15) is 4.79 Å². The number of hydrogen-bond donors (Lipinski definition) is 2. The lowest BCUT2D eigenvalue weighted by molar-refractivity contribution is 0.0697. The SMILES string of the molecule is O=C(O)c1cc(Br)cnc1NCc1cccc(Br)c1. The molecule has 1 heterocycles. The molecule has 0 aliphatic heterocycles. The Hall–Kier alpha value is -1.40. The van der Waals surface area contributed by atoms with Crippen LogP contribution in [0.3, 0.4) is 0 Å². The summed E-state index contributed by atoms with van der Waals surface area (Å²) in [5, 5.41) is 12.2. The number of rotatable bonds is 4. The van der Waals surface area contributed by atoms with Crippen molar-refractivity contribution < 1.29 is 9.90 Å². The number of carboxylic acids is 1. The molecule has 0 aliphatic rings. The van der Waals surface area contributed by atoms with Crippen LogP contribution >= 0.6 is 31.9 Å². The maximum Gasteiger partial charge on any atom is 0.339 e. The second kappa shape index (κ2) is 6.16. The van der Waals surface area contributed by atoms with E-state index in [0.717, 1.165) is 10.0 Å². The van der Waals surface area contributed by atoms with Crippen LogP contribution in [0.5, 0.6) is 0 Å². The Morgan fingerprint density at radius 2 is 2.05 bits per heavy atom. The highest BCUT2D eigenvalue weighted by atomic mass is 79.9. The lowest BCUT2D eigenvalue weighted by atomic mass is 10.2. The van der Waals surface area contributed by atoms with E-state index < -0.39 is 5.97 Å². The number of halogens is 2. The van der Waals surface area contributed by atoms with E-state index in [4.69, 9.17) is 5.11 Å². The largest absolute Gasteiger partial charge is 0.478 e. The molecule has 0 unspecified atom stereocenters. The predicted octanol–water partition coefficient (Wildman–Crippen LogP) is 3.92. The molecule has 2 rings (SSSR count). The summed E-state index contributed by atoms with van der Waals surface area (Å²) in [6.45, 7) is 0.508. The topological polar surface area (TPSA) is 62.2 Å². The van der Waals surface area contributed by atoms with Crippen molar-refractivity contribution in [2.45, 2.75) is 6.54 Å². The Morgan fingerprint density at radius 1 is 1.26 bits per heavy atom. The number of carboxylic acid groups (broad SMARTS) is 1. The molecule has 1 aromatic carbocycles. The average molecular weight is 386 g/mol. The highest BCUT2D eigenvalue weighted by molar-refractivity contribution is 9.10. The van der Waals surface area contributed by atoms with Crippen molar-refractivity contribution in [3.8, 4) is 0 Å². The molecule has 19 heavy (non-hydrogen) atoms. The summed E-state index contributed by atoms with van der Waals surface area (Å²) < 4.78 is 1.62. The minimum absolute atomic E-state index is 0.143. The number of benzene rings is 1. The Morgan fingerprint density at radius 3 is 2.74 bits per heavy atom. The van der Waals surface area contributed by atoms with Gasteiger partial charge in [-0.2, -0.15) is 0 Å². The number of nitrogens with one attached hydrogen (secondary N) is 1. The van der Waals surface area contributed by atoms with Gasteiger partial charge in [0, 0.05) is 21.7 Å². The summed E-state index contributed by atoms with van der Waals surface area (Å²) in [5.41, 5.74) is 1.18. The number of hydrogen-bond acceptors (Lipinski definition) is 3. The quantitative estimate of drug-likeness (QED) is 0.837. The van der Waals surface area contributed by atoms with E-state index in [1.807, 2.05) is 24.3 Å². The fourth-order valence-electron chi connectivity index (χ4n) is 1.58. The van der Waals surface area contributed by atoms with Gasteiger partial charge in [0.1, 0.15) is 11.4 Å². The summed E-state index contributed by atoms with van der Waals surface area (Å²) in [6, 6.07) is 9.31. The van der Waals surface area contributed by atoms with Crippen molar-refractivity contribution in [2.75, 3.05) is 5.32 Å². The first-order chi connectivity index (χ1) is 9.06. The second-order valence-electron chi connectivity index (χ2n) is 3.84. The minimum atomic E-state index is -1.01. The molecule has 0 radical (unpaired) electrons. The van der Waals surface area contributed by atoms with Crippen LogP contribution in [0.2, 0.25) is 0 Å². The normalized spacial score (nSPS) is 10.2. The van der Waals surface area contributed by atoms with Gasteiger partial charge in [-0.05, 0) is 39.7 Å². The molecule has 0 bridgehead atoms. The van der Waals surface area contributed by atoms with Gasteiger partial charge < -0.3 is 10.4 Å². The van der Waals surface area contributed by atoms with E-state index in [-0.39, 0.29) is 5.56 Å². The van der Waals surface area contributed by atoms with E-state index in [1.54, 1.807) is 6.20 Å². The number of nitrogens with zero attached hydrogens (tertiary/aromatic N) is 1. The summed E-state index contributed by atoms with van der Waals surface area (Å²) in [4.78, 5) is 15.2. The smallest absolute Gasteiger partial charge is 0.339 e. The van der Waals surface area contributed by atoms with Crippen LogP contribution in [0.4, 0.5) is 5.82 Å². The molecule has 2 aromatic rings. The van der Waals surface area contributed by atoms with Crippen LogP contribution < -0.4 is 5.32 Å². The molecule has 2 N–H and O–H groups in total. The summed E-state index contributed by atoms with van der Waals surface area (Å²) in [6.07, 6.45) is 1.57. The van der Waals surface area contributed by atoms with Gasteiger partial charge in [-0.1, -0.05) is 28.1 Å². The maximum absolute atomic E-state index is 11.1. The molecule has 0 fully saturated rings. The number of aromatic nitrogens is 1. The van der Waals surface area contributed by atoms with Gasteiger partial charge >= 0.3 is 5.97 Å². The van der Waals surface area contributed by atoms with Crippen LogP contribution in [0.1, 0.15) is 15.9 Å². The second-order valence-corrected chi connectivity index (χ2v) is 5.67. The highest BCUT2D eigenvalue weighted by Crippen LogP contribution is 2.19. The van der Waals surface area contributed by atoms with Crippen LogP contribution in [-0.2, 0) is 6.54 Å². The molecule has 0 atom stereocenters.